The summed E-state index contributed by atoms with van der Waals surface area (Å²) in [7, 11) is 0. The number of nitrogens with zero attached hydrogens (tertiary/aromatic N) is 1. The summed E-state index contributed by atoms with van der Waals surface area (Å²) >= 11 is 0. The van der Waals surface area contributed by atoms with Crippen molar-refractivity contribution in [2.45, 2.75) is 33.0 Å². The van der Waals surface area contributed by atoms with Crippen molar-refractivity contribution in [1.29, 1.82) is 0 Å². The first-order valence-corrected chi connectivity index (χ1v) is 7.99. The third kappa shape index (κ3) is 4.96. The highest BCUT2D eigenvalue weighted by Gasteiger charge is 2.33. The topological polar surface area (TPSA) is 84.3 Å². The van der Waals surface area contributed by atoms with Crippen LogP contribution < -0.4 is 10.6 Å². The number of alkyl halides is 3. The van der Waals surface area contributed by atoms with Crippen LogP contribution in [0.1, 0.15) is 23.6 Å². The average molecular weight is 381 g/mol. The number of nitrogens with one attached hydrogen (secondary N) is 2. The predicted octanol–water partition coefficient (Wildman–Crippen LogP) is 4.67. The molecule has 144 valence electrons. The first kappa shape index (κ1) is 20.2. The van der Waals surface area contributed by atoms with Gasteiger partial charge in [0.05, 0.1) is 10.5 Å². The Bertz CT molecular complexity index is 882. The van der Waals surface area contributed by atoms with Gasteiger partial charge in [-0.05, 0) is 44.5 Å². The summed E-state index contributed by atoms with van der Waals surface area (Å²) in [6.45, 7) is 5.19. The molecule has 9 heteroatoms. The molecule has 0 saturated carbocycles. The average Bonchev–Trinajstić information content (AvgIpc) is 2.56. The second-order valence-corrected chi connectivity index (χ2v) is 6.16. The Kier molecular flexibility index (Phi) is 5.72. The number of carbonyl (C=O) groups is 1. The minimum Gasteiger partial charge on any atom is -0.368 e. The summed E-state index contributed by atoms with van der Waals surface area (Å²) in [5.74, 6) is -0.476. The van der Waals surface area contributed by atoms with Gasteiger partial charge in [-0.15, -0.1) is 0 Å². The van der Waals surface area contributed by atoms with Gasteiger partial charge in [0, 0.05) is 11.8 Å². The van der Waals surface area contributed by atoms with E-state index >= 15 is 0 Å². The lowest BCUT2D eigenvalue weighted by atomic mass is 10.1. The van der Waals surface area contributed by atoms with Crippen LogP contribution in [0, 0.1) is 24.0 Å². The molecular formula is C18H18F3N3O3. The second-order valence-electron chi connectivity index (χ2n) is 6.16. The Morgan fingerprint density at radius 2 is 1.74 bits per heavy atom. The third-order valence-electron chi connectivity index (χ3n) is 3.93. The summed E-state index contributed by atoms with van der Waals surface area (Å²) in [5, 5.41) is 16.4. The molecule has 6 nitrogen and oxygen atoms in total. The number of rotatable bonds is 5. The van der Waals surface area contributed by atoms with Crippen LogP contribution in [-0.2, 0) is 11.0 Å². The Balaban J connectivity index is 2.20. The van der Waals surface area contributed by atoms with Crippen molar-refractivity contribution < 1.29 is 22.9 Å². The highest BCUT2D eigenvalue weighted by Crippen LogP contribution is 2.35. The molecule has 2 N–H and O–H groups in total. The van der Waals surface area contributed by atoms with Gasteiger partial charge in [-0.3, -0.25) is 14.9 Å². The highest BCUT2D eigenvalue weighted by molar-refractivity contribution is 5.97. The van der Waals surface area contributed by atoms with E-state index in [1.165, 1.54) is 6.92 Å². The molecule has 1 amide bonds. The molecule has 0 unspecified atom stereocenters. The van der Waals surface area contributed by atoms with E-state index in [0.717, 1.165) is 23.3 Å². The monoisotopic (exact) mass is 381 g/mol. The molecule has 2 aromatic rings. The molecule has 2 rings (SSSR count). The zero-order valence-corrected chi connectivity index (χ0v) is 14.8. The number of halogens is 3. The van der Waals surface area contributed by atoms with Gasteiger partial charge in [0.25, 0.3) is 5.69 Å². The maximum absolute atomic E-state index is 12.8. The van der Waals surface area contributed by atoms with Crippen molar-refractivity contribution in [2.24, 2.45) is 0 Å². The zero-order chi connectivity index (χ0) is 20.4. The minimum absolute atomic E-state index is 0.170. The van der Waals surface area contributed by atoms with Gasteiger partial charge in [-0.25, -0.2) is 0 Å². The van der Waals surface area contributed by atoms with Crippen LogP contribution in [0.3, 0.4) is 0 Å². The molecule has 0 aliphatic carbocycles. The van der Waals surface area contributed by atoms with Crippen LogP contribution in [-0.4, -0.2) is 16.9 Å². The number of benzene rings is 2. The van der Waals surface area contributed by atoms with Crippen LogP contribution in [0.2, 0.25) is 0 Å². The molecule has 0 spiro atoms. The van der Waals surface area contributed by atoms with Crippen molar-refractivity contribution in [3.05, 3.63) is 63.2 Å². The van der Waals surface area contributed by atoms with Gasteiger partial charge in [0.2, 0.25) is 5.91 Å². The van der Waals surface area contributed by atoms with Gasteiger partial charge in [0.1, 0.15) is 11.7 Å². The SMILES string of the molecule is Cc1ccc(NC(=O)[C@H](C)Nc2ccc(C(F)(F)F)cc2[N+](=O)[O-])c(C)c1. The number of nitro benzene ring substituents is 1. The lowest BCUT2D eigenvalue weighted by Gasteiger charge is -2.17. The molecule has 0 radical (unpaired) electrons. The Morgan fingerprint density at radius 3 is 2.30 bits per heavy atom. The van der Waals surface area contributed by atoms with Crippen LogP contribution in [0.15, 0.2) is 36.4 Å². The van der Waals surface area contributed by atoms with E-state index in [0.29, 0.717) is 11.8 Å². The summed E-state index contributed by atoms with van der Waals surface area (Å²) in [6, 6.07) is 6.63. The Labute approximate surface area is 153 Å². The van der Waals surface area contributed by atoms with Crippen LogP contribution in [0.4, 0.5) is 30.2 Å². The minimum atomic E-state index is -4.70. The maximum atomic E-state index is 12.8. The van der Waals surface area contributed by atoms with E-state index in [9.17, 15) is 28.1 Å². The summed E-state index contributed by atoms with van der Waals surface area (Å²) in [5.41, 5.74) is 0.397. The normalized spacial score (nSPS) is 12.4. The van der Waals surface area contributed by atoms with Crippen molar-refractivity contribution in [1.82, 2.24) is 0 Å². The van der Waals surface area contributed by atoms with E-state index in [1.807, 2.05) is 26.0 Å². The first-order chi connectivity index (χ1) is 12.5. The molecule has 0 heterocycles. The summed E-state index contributed by atoms with van der Waals surface area (Å²) in [6.07, 6.45) is -4.70. The predicted molar refractivity (Wildman–Crippen MR) is 95.7 cm³/mol. The second kappa shape index (κ2) is 7.65. The fourth-order valence-corrected chi connectivity index (χ4v) is 2.47. The molecule has 0 aromatic heterocycles. The van der Waals surface area contributed by atoms with E-state index in [2.05, 4.69) is 10.6 Å². The molecular weight excluding hydrogens is 363 g/mol. The van der Waals surface area contributed by atoms with Gasteiger partial charge >= 0.3 is 6.18 Å². The largest absolute Gasteiger partial charge is 0.416 e. The third-order valence-corrected chi connectivity index (χ3v) is 3.93. The number of anilines is 2. The van der Waals surface area contributed by atoms with Crippen molar-refractivity contribution in [3.8, 4) is 0 Å². The Hall–Kier alpha value is -3.10. The van der Waals surface area contributed by atoms with E-state index < -0.39 is 34.3 Å². The zero-order valence-electron chi connectivity index (χ0n) is 14.8. The number of amides is 1. The molecule has 1 atom stereocenters. The molecule has 0 aliphatic rings. The van der Waals surface area contributed by atoms with E-state index in [1.54, 1.807) is 6.07 Å². The Morgan fingerprint density at radius 1 is 1.11 bits per heavy atom. The standard InChI is InChI=1S/C18H18F3N3O3/c1-10-4-6-14(11(2)8-10)23-17(25)12(3)22-15-7-5-13(18(19,20)21)9-16(15)24(26)27/h4-9,12,22H,1-3H3,(H,23,25)/t12-/m0/s1. The lowest BCUT2D eigenvalue weighted by Crippen LogP contribution is -2.32. The maximum Gasteiger partial charge on any atom is 0.416 e. The number of hydrogen-bond donors (Lipinski definition) is 2. The smallest absolute Gasteiger partial charge is 0.368 e. The van der Waals surface area contributed by atoms with Crippen molar-refractivity contribution in [3.63, 3.8) is 0 Å². The van der Waals surface area contributed by atoms with E-state index in [4.69, 9.17) is 0 Å². The molecule has 27 heavy (non-hydrogen) atoms. The number of hydrogen-bond acceptors (Lipinski definition) is 4. The van der Waals surface area contributed by atoms with Crippen molar-refractivity contribution >= 4 is 23.0 Å². The first-order valence-electron chi connectivity index (χ1n) is 7.99. The van der Waals surface area contributed by atoms with Gasteiger partial charge in [-0.1, -0.05) is 17.7 Å². The fraction of sp³-hybridized carbons (Fsp3) is 0.278. The van der Waals surface area contributed by atoms with Gasteiger partial charge in [-0.2, -0.15) is 13.2 Å². The number of carbonyl (C=O) groups excluding carboxylic acids is 1. The molecule has 2 aromatic carbocycles. The summed E-state index contributed by atoms with van der Waals surface area (Å²) in [4.78, 5) is 22.5. The molecule has 0 aliphatic heterocycles. The van der Waals surface area contributed by atoms with Crippen LogP contribution in [0.25, 0.3) is 0 Å². The highest BCUT2D eigenvalue weighted by atomic mass is 19.4. The number of nitro groups is 1. The lowest BCUT2D eigenvalue weighted by molar-refractivity contribution is -0.384. The molecule has 0 saturated heterocycles. The van der Waals surface area contributed by atoms with Gasteiger partial charge in [0.15, 0.2) is 0 Å². The molecule has 0 fully saturated rings. The quantitative estimate of drug-likeness (QED) is 0.582. The van der Waals surface area contributed by atoms with Gasteiger partial charge < -0.3 is 10.6 Å². The van der Waals surface area contributed by atoms with Crippen LogP contribution in [0.5, 0.6) is 0 Å². The molecule has 0 bridgehead atoms. The summed E-state index contributed by atoms with van der Waals surface area (Å²) < 4.78 is 38.3. The van der Waals surface area contributed by atoms with Crippen LogP contribution >= 0.6 is 0 Å². The van der Waals surface area contributed by atoms with Crippen molar-refractivity contribution in [2.75, 3.05) is 10.6 Å². The van der Waals surface area contributed by atoms with E-state index in [-0.39, 0.29) is 5.69 Å². The fourth-order valence-electron chi connectivity index (χ4n) is 2.47. The number of aryl methyl sites for hydroxylation is 2.